The van der Waals surface area contributed by atoms with Crippen LogP contribution in [0.15, 0.2) is 24.3 Å². The van der Waals surface area contributed by atoms with Gasteiger partial charge in [0.15, 0.2) is 0 Å². The second-order valence-electron chi connectivity index (χ2n) is 7.39. The standard InChI is InChI=1S/C20H28F2N2O/c1-2-4-16-5-7-17(8-6-16)19(25)24-11-3-10-23(13-14-24)12-9-18-15-20(18,21)22/h5-8,18H,2-4,9-15H2,1H3. The lowest BCUT2D eigenvalue weighted by molar-refractivity contribution is 0.0760. The Morgan fingerprint density at radius 3 is 2.52 bits per heavy atom. The van der Waals surface area contributed by atoms with Gasteiger partial charge in [0.05, 0.1) is 0 Å². The van der Waals surface area contributed by atoms with Crippen molar-refractivity contribution in [1.29, 1.82) is 0 Å². The zero-order valence-electron chi connectivity index (χ0n) is 15.0. The zero-order chi connectivity index (χ0) is 17.9. The van der Waals surface area contributed by atoms with Crippen molar-refractivity contribution in [2.75, 3.05) is 32.7 Å². The lowest BCUT2D eigenvalue weighted by Crippen LogP contribution is -2.35. The molecule has 0 N–H and O–H groups in total. The fraction of sp³-hybridized carbons (Fsp3) is 0.650. The number of halogens is 2. The molecule has 2 aliphatic rings. The van der Waals surface area contributed by atoms with E-state index in [9.17, 15) is 13.6 Å². The molecule has 1 aromatic rings. The summed E-state index contributed by atoms with van der Waals surface area (Å²) in [5.74, 6) is -2.76. The van der Waals surface area contributed by atoms with E-state index in [-0.39, 0.29) is 12.3 Å². The third-order valence-corrected chi connectivity index (χ3v) is 5.36. The Bertz CT molecular complexity index is 588. The van der Waals surface area contributed by atoms with Crippen LogP contribution in [0.5, 0.6) is 0 Å². The molecule has 1 saturated carbocycles. The van der Waals surface area contributed by atoms with Gasteiger partial charge in [0.1, 0.15) is 0 Å². The number of aryl methyl sites for hydroxylation is 1. The van der Waals surface area contributed by atoms with Crippen LogP contribution >= 0.6 is 0 Å². The molecule has 1 atom stereocenters. The van der Waals surface area contributed by atoms with Gasteiger partial charge in [-0.05, 0) is 50.0 Å². The summed E-state index contributed by atoms with van der Waals surface area (Å²) in [5.41, 5.74) is 2.00. The molecular formula is C20H28F2N2O. The van der Waals surface area contributed by atoms with Gasteiger partial charge in [0.2, 0.25) is 0 Å². The van der Waals surface area contributed by atoms with E-state index in [0.29, 0.717) is 19.5 Å². The van der Waals surface area contributed by atoms with Crippen molar-refractivity contribution in [2.24, 2.45) is 5.92 Å². The Balaban J connectivity index is 1.49. The Kier molecular flexibility index (Phi) is 5.72. The summed E-state index contributed by atoms with van der Waals surface area (Å²) in [4.78, 5) is 16.8. The van der Waals surface area contributed by atoms with Crippen molar-refractivity contribution in [3.05, 3.63) is 35.4 Å². The van der Waals surface area contributed by atoms with Crippen molar-refractivity contribution in [3.8, 4) is 0 Å². The van der Waals surface area contributed by atoms with E-state index < -0.39 is 11.8 Å². The summed E-state index contributed by atoms with van der Waals surface area (Å²) in [5, 5.41) is 0. The summed E-state index contributed by atoms with van der Waals surface area (Å²) in [6.45, 7) is 5.94. The predicted octanol–water partition coefficient (Wildman–Crippen LogP) is 3.83. The number of nitrogens with zero attached hydrogens (tertiary/aromatic N) is 2. The van der Waals surface area contributed by atoms with Gasteiger partial charge in [-0.1, -0.05) is 25.5 Å². The molecular weight excluding hydrogens is 322 g/mol. The first kappa shape index (κ1) is 18.3. The highest BCUT2D eigenvalue weighted by Crippen LogP contribution is 2.50. The van der Waals surface area contributed by atoms with Gasteiger partial charge >= 0.3 is 0 Å². The van der Waals surface area contributed by atoms with Crippen LogP contribution in [0, 0.1) is 5.92 Å². The maximum absolute atomic E-state index is 13.0. The highest BCUT2D eigenvalue weighted by atomic mass is 19.3. The largest absolute Gasteiger partial charge is 0.337 e. The van der Waals surface area contributed by atoms with Crippen molar-refractivity contribution < 1.29 is 13.6 Å². The van der Waals surface area contributed by atoms with Crippen LogP contribution in [0.2, 0.25) is 0 Å². The molecule has 1 aliphatic heterocycles. The average Bonchev–Trinajstić information content (AvgIpc) is 3.28. The SMILES string of the molecule is CCCc1ccc(C(=O)N2CCCN(CCC3CC3(F)F)CC2)cc1. The number of carbonyl (C=O) groups excluding carboxylic acids is 1. The fourth-order valence-corrected chi connectivity index (χ4v) is 3.60. The molecule has 25 heavy (non-hydrogen) atoms. The van der Waals surface area contributed by atoms with Crippen molar-refractivity contribution in [1.82, 2.24) is 9.80 Å². The molecule has 0 aromatic heterocycles. The lowest BCUT2D eigenvalue weighted by Gasteiger charge is -2.22. The van der Waals surface area contributed by atoms with E-state index in [1.807, 2.05) is 29.2 Å². The van der Waals surface area contributed by atoms with E-state index >= 15 is 0 Å². The van der Waals surface area contributed by atoms with Gasteiger partial charge in [-0.2, -0.15) is 0 Å². The van der Waals surface area contributed by atoms with Gasteiger partial charge in [-0.25, -0.2) is 8.78 Å². The molecule has 0 radical (unpaired) electrons. The summed E-state index contributed by atoms with van der Waals surface area (Å²) in [6.07, 6.45) is 3.66. The van der Waals surface area contributed by atoms with Crippen molar-refractivity contribution in [2.45, 2.75) is 45.0 Å². The first-order valence-corrected chi connectivity index (χ1v) is 9.48. The molecule has 1 aromatic carbocycles. The molecule has 0 spiro atoms. The monoisotopic (exact) mass is 350 g/mol. The number of hydrogen-bond acceptors (Lipinski definition) is 2. The van der Waals surface area contributed by atoms with Crippen LogP contribution in [0.4, 0.5) is 8.78 Å². The van der Waals surface area contributed by atoms with E-state index in [1.165, 1.54) is 5.56 Å². The number of amides is 1. The summed E-state index contributed by atoms with van der Waals surface area (Å²) >= 11 is 0. The predicted molar refractivity (Wildman–Crippen MR) is 95.1 cm³/mol. The van der Waals surface area contributed by atoms with E-state index in [2.05, 4.69) is 11.8 Å². The first-order chi connectivity index (χ1) is 12.0. The summed E-state index contributed by atoms with van der Waals surface area (Å²) in [7, 11) is 0. The van der Waals surface area contributed by atoms with Crippen molar-refractivity contribution >= 4 is 5.91 Å². The second kappa shape index (κ2) is 7.81. The van der Waals surface area contributed by atoms with E-state index in [0.717, 1.165) is 44.5 Å². The normalized spacial score (nSPS) is 23.3. The number of alkyl halides is 2. The highest BCUT2D eigenvalue weighted by molar-refractivity contribution is 5.94. The number of carbonyl (C=O) groups is 1. The zero-order valence-corrected chi connectivity index (χ0v) is 15.0. The van der Waals surface area contributed by atoms with Crippen LogP contribution in [-0.4, -0.2) is 54.4 Å². The fourth-order valence-electron chi connectivity index (χ4n) is 3.60. The molecule has 1 saturated heterocycles. The molecule has 1 aliphatic carbocycles. The van der Waals surface area contributed by atoms with Gasteiger partial charge in [0.25, 0.3) is 11.8 Å². The minimum Gasteiger partial charge on any atom is -0.337 e. The molecule has 3 nitrogen and oxygen atoms in total. The van der Waals surface area contributed by atoms with Crippen LogP contribution in [0.25, 0.3) is 0 Å². The molecule has 1 unspecified atom stereocenters. The Hall–Kier alpha value is -1.49. The maximum atomic E-state index is 13.0. The molecule has 138 valence electrons. The molecule has 1 heterocycles. The Labute approximate surface area is 149 Å². The highest BCUT2D eigenvalue weighted by Gasteiger charge is 2.56. The van der Waals surface area contributed by atoms with Gasteiger partial charge in [0, 0.05) is 37.5 Å². The van der Waals surface area contributed by atoms with Gasteiger partial charge in [-0.15, -0.1) is 0 Å². The minimum atomic E-state index is -2.42. The Morgan fingerprint density at radius 1 is 1.16 bits per heavy atom. The molecule has 5 heteroatoms. The topological polar surface area (TPSA) is 23.6 Å². The van der Waals surface area contributed by atoms with Gasteiger partial charge in [-0.3, -0.25) is 4.79 Å². The smallest absolute Gasteiger partial charge is 0.253 e. The minimum absolute atomic E-state index is 0.0550. The molecule has 2 fully saturated rings. The van der Waals surface area contributed by atoms with Crippen LogP contribution in [0.1, 0.15) is 48.5 Å². The number of rotatable bonds is 6. The Morgan fingerprint density at radius 2 is 1.88 bits per heavy atom. The number of benzene rings is 1. The maximum Gasteiger partial charge on any atom is 0.253 e. The van der Waals surface area contributed by atoms with Crippen molar-refractivity contribution in [3.63, 3.8) is 0 Å². The molecule has 0 bridgehead atoms. The third-order valence-electron chi connectivity index (χ3n) is 5.36. The lowest BCUT2D eigenvalue weighted by atomic mass is 10.1. The van der Waals surface area contributed by atoms with Crippen LogP contribution < -0.4 is 0 Å². The molecule has 3 rings (SSSR count). The van der Waals surface area contributed by atoms with E-state index in [1.54, 1.807) is 0 Å². The van der Waals surface area contributed by atoms with Crippen LogP contribution in [0.3, 0.4) is 0 Å². The third kappa shape index (κ3) is 4.78. The molecule has 1 amide bonds. The van der Waals surface area contributed by atoms with Gasteiger partial charge < -0.3 is 9.80 Å². The van der Waals surface area contributed by atoms with E-state index in [4.69, 9.17) is 0 Å². The summed E-state index contributed by atoms with van der Waals surface area (Å²) < 4.78 is 26.0. The van der Waals surface area contributed by atoms with Crippen LogP contribution in [-0.2, 0) is 6.42 Å². The summed E-state index contributed by atoms with van der Waals surface area (Å²) in [6, 6.07) is 7.92. The second-order valence-corrected chi connectivity index (χ2v) is 7.39. The quantitative estimate of drug-likeness (QED) is 0.778. The number of hydrogen-bond donors (Lipinski definition) is 0. The average molecular weight is 350 g/mol. The first-order valence-electron chi connectivity index (χ1n) is 9.48.